The van der Waals surface area contributed by atoms with Gasteiger partial charge in [0.05, 0.1) is 20.5 Å². The number of para-hydroxylation sites is 1. The fourth-order valence-corrected chi connectivity index (χ4v) is 6.51. The molecule has 0 spiro atoms. The first-order valence-corrected chi connectivity index (χ1v) is 16.5. The SMILES string of the molecule is COc1cccc(OC)c1-n1c(-c2ccco2)nnc1N(CCSI)SC(C)CN1C(=O)CCCC1C. The van der Waals surface area contributed by atoms with Gasteiger partial charge < -0.3 is 18.8 Å². The first-order valence-electron chi connectivity index (χ1n) is 12.2. The van der Waals surface area contributed by atoms with E-state index in [9.17, 15) is 4.79 Å². The number of carbonyl (C=O) groups excluding carboxylic acids is 1. The summed E-state index contributed by atoms with van der Waals surface area (Å²) in [6, 6.07) is 9.60. The van der Waals surface area contributed by atoms with Crippen molar-refractivity contribution in [3.8, 4) is 28.8 Å². The molecule has 3 heterocycles. The zero-order valence-electron chi connectivity index (χ0n) is 21.4. The van der Waals surface area contributed by atoms with E-state index in [2.05, 4.69) is 49.6 Å². The maximum Gasteiger partial charge on any atom is 0.242 e. The number of hydrogen-bond donors (Lipinski definition) is 0. The van der Waals surface area contributed by atoms with Crippen LogP contribution in [0.15, 0.2) is 41.0 Å². The summed E-state index contributed by atoms with van der Waals surface area (Å²) in [5.41, 5.74) is 0.694. The first kappa shape index (κ1) is 28.0. The molecule has 9 nitrogen and oxygen atoms in total. The van der Waals surface area contributed by atoms with Crippen LogP contribution < -0.4 is 13.8 Å². The van der Waals surface area contributed by atoms with Crippen LogP contribution in [0.5, 0.6) is 11.5 Å². The van der Waals surface area contributed by atoms with Crippen molar-refractivity contribution in [2.24, 2.45) is 0 Å². The van der Waals surface area contributed by atoms with Gasteiger partial charge in [0.2, 0.25) is 17.7 Å². The second-order valence-electron chi connectivity index (χ2n) is 8.77. The lowest BCUT2D eigenvalue weighted by molar-refractivity contribution is -0.135. The van der Waals surface area contributed by atoms with Crippen LogP contribution in [-0.2, 0) is 4.79 Å². The third kappa shape index (κ3) is 6.33. The molecule has 0 saturated carbocycles. The maximum absolute atomic E-state index is 12.6. The zero-order chi connectivity index (χ0) is 26.4. The summed E-state index contributed by atoms with van der Waals surface area (Å²) in [5.74, 6) is 4.14. The molecule has 4 rings (SSSR count). The molecule has 2 unspecified atom stereocenters. The summed E-state index contributed by atoms with van der Waals surface area (Å²) in [5, 5.41) is 9.32. The quantitative estimate of drug-likeness (QED) is 0.175. The predicted octanol–water partition coefficient (Wildman–Crippen LogP) is 5.87. The standard InChI is InChI=1S/C25H32IN5O4S2/c1-17-8-5-12-22(32)29(17)16-18(2)37-30(13-15-36-26)25-28-27-24(21-11-7-14-35-21)31(25)23-19(33-3)9-6-10-20(23)34-4/h6-7,9-11,14,17-18H,5,8,12-13,15-16H2,1-4H3. The average Bonchev–Trinajstić information content (AvgIpc) is 3.58. The number of nitrogens with zero attached hydrogens (tertiary/aromatic N) is 5. The molecule has 37 heavy (non-hydrogen) atoms. The Kier molecular flexibility index (Phi) is 9.93. The molecule has 1 aromatic carbocycles. The van der Waals surface area contributed by atoms with E-state index in [1.165, 1.54) is 0 Å². The van der Waals surface area contributed by atoms with Crippen LogP contribution in [0.25, 0.3) is 17.3 Å². The second kappa shape index (κ2) is 13.1. The number of rotatable bonds is 12. The molecule has 0 bridgehead atoms. The number of amides is 1. The van der Waals surface area contributed by atoms with Gasteiger partial charge >= 0.3 is 0 Å². The van der Waals surface area contributed by atoms with Crippen molar-refractivity contribution in [1.29, 1.82) is 0 Å². The van der Waals surface area contributed by atoms with Crippen LogP contribution in [0.4, 0.5) is 5.95 Å². The van der Waals surface area contributed by atoms with E-state index in [4.69, 9.17) is 13.9 Å². The molecule has 0 aliphatic carbocycles. The highest BCUT2D eigenvalue weighted by Crippen LogP contribution is 2.40. The van der Waals surface area contributed by atoms with E-state index < -0.39 is 0 Å². The van der Waals surface area contributed by atoms with Gasteiger partial charge in [-0.25, -0.2) is 0 Å². The molecule has 0 N–H and O–H groups in total. The Morgan fingerprint density at radius 2 is 1.97 bits per heavy atom. The summed E-state index contributed by atoms with van der Waals surface area (Å²) in [6.45, 7) is 5.69. The van der Waals surface area contributed by atoms with Gasteiger partial charge in [-0.3, -0.25) is 13.7 Å². The summed E-state index contributed by atoms with van der Waals surface area (Å²) in [6.07, 6.45) is 4.26. The Balaban J connectivity index is 1.75. The molecule has 1 aliphatic rings. The van der Waals surface area contributed by atoms with Gasteiger partial charge in [-0.2, -0.15) is 0 Å². The number of piperidine rings is 1. The molecule has 1 saturated heterocycles. The lowest BCUT2D eigenvalue weighted by Gasteiger charge is -2.36. The normalized spacial score (nSPS) is 16.6. The van der Waals surface area contributed by atoms with Gasteiger partial charge in [0.15, 0.2) is 5.76 Å². The minimum Gasteiger partial charge on any atom is -0.494 e. The van der Waals surface area contributed by atoms with Crippen molar-refractivity contribution in [3.05, 3.63) is 36.6 Å². The fourth-order valence-electron chi connectivity index (χ4n) is 4.48. The Labute approximate surface area is 238 Å². The van der Waals surface area contributed by atoms with Gasteiger partial charge in [-0.05, 0) is 84.1 Å². The molecule has 2 aromatic heterocycles. The van der Waals surface area contributed by atoms with E-state index in [1.54, 1.807) is 41.4 Å². The van der Waals surface area contributed by atoms with E-state index in [0.29, 0.717) is 47.7 Å². The molecule has 2 atom stereocenters. The molecule has 0 radical (unpaired) electrons. The average molecular weight is 658 g/mol. The fraction of sp³-hybridized carbons (Fsp3) is 0.480. The number of aromatic nitrogens is 3. The van der Waals surface area contributed by atoms with Crippen molar-refractivity contribution >= 4 is 53.9 Å². The number of halogens is 1. The number of hydrogen-bond acceptors (Lipinski definition) is 9. The van der Waals surface area contributed by atoms with Crippen LogP contribution in [0.2, 0.25) is 0 Å². The van der Waals surface area contributed by atoms with E-state index in [1.807, 2.05) is 39.8 Å². The first-order chi connectivity index (χ1) is 18.0. The van der Waals surface area contributed by atoms with Gasteiger partial charge in [0, 0.05) is 36.6 Å². The van der Waals surface area contributed by atoms with Crippen molar-refractivity contribution in [2.75, 3.05) is 37.4 Å². The summed E-state index contributed by atoms with van der Waals surface area (Å²) >= 11 is 3.98. The number of anilines is 1. The molecule has 200 valence electrons. The maximum atomic E-state index is 12.6. The van der Waals surface area contributed by atoms with Crippen molar-refractivity contribution in [2.45, 2.75) is 44.4 Å². The largest absolute Gasteiger partial charge is 0.494 e. The smallest absolute Gasteiger partial charge is 0.242 e. The second-order valence-corrected chi connectivity index (χ2v) is 12.7. The topological polar surface area (TPSA) is 85.9 Å². The number of furan rings is 1. The Morgan fingerprint density at radius 3 is 2.59 bits per heavy atom. The highest BCUT2D eigenvalue weighted by atomic mass is 127. The Bertz CT molecular complexity index is 1150. The third-order valence-electron chi connectivity index (χ3n) is 6.23. The number of carbonyl (C=O) groups is 1. The van der Waals surface area contributed by atoms with Crippen LogP contribution in [-0.4, -0.2) is 69.9 Å². The van der Waals surface area contributed by atoms with Crippen LogP contribution in [0.1, 0.15) is 33.1 Å². The van der Waals surface area contributed by atoms with Gasteiger partial charge in [0.25, 0.3) is 0 Å². The van der Waals surface area contributed by atoms with E-state index in [-0.39, 0.29) is 17.2 Å². The minimum atomic E-state index is 0.139. The number of methoxy groups -OCH3 is 2. The monoisotopic (exact) mass is 657 g/mol. The third-order valence-corrected chi connectivity index (χ3v) is 9.00. The molecule has 1 aliphatic heterocycles. The van der Waals surface area contributed by atoms with Crippen LogP contribution >= 0.6 is 42.1 Å². The molecule has 12 heteroatoms. The lowest BCUT2D eigenvalue weighted by atomic mass is 10.0. The number of likely N-dealkylation sites (tertiary alicyclic amines) is 1. The predicted molar refractivity (Wildman–Crippen MR) is 158 cm³/mol. The molecular formula is C25H32IN5O4S2. The summed E-state index contributed by atoms with van der Waals surface area (Å²) in [4.78, 5) is 14.6. The molecule has 3 aromatic rings. The van der Waals surface area contributed by atoms with Crippen LogP contribution in [0, 0.1) is 0 Å². The lowest BCUT2D eigenvalue weighted by Crippen LogP contribution is -2.45. The molecule has 1 fully saturated rings. The highest BCUT2D eigenvalue weighted by Gasteiger charge is 2.30. The van der Waals surface area contributed by atoms with Gasteiger partial charge in [-0.15, -0.1) is 10.2 Å². The van der Waals surface area contributed by atoms with Crippen LogP contribution in [0.3, 0.4) is 0 Å². The zero-order valence-corrected chi connectivity index (χ0v) is 25.2. The number of ether oxygens (including phenoxy) is 2. The van der Waals surface area contributed by atoms with Crippen molar-refractivity contribution < 1.29 is 18.7 Å². The number of benzene rings is 1. The molecule has 1 amide bonds. The highest BCUT2D eigenvalue weighted by molar-refractivity contribution is 14.2. The Morgan fingerprint density at radius 1 is 1.22 bits per heavy atom. The van der Waals surface area contributed by atoms with Gasteiger partial charge in [0.1, 0.15) is 17.2 Å². The summed E-state index contributed by atoms with van der Waals surface area (Å²) < 4.78 is 21.3. The Hall–Kier alpha value is -2.06. The molecular weight excluding hydrogens is 625 g/mol. The summed E-state index contributed by atoms with van der Waals surface area (Å²) in [7, 11) is 5.00. The van der Waals surface area contributed by atoms with Crippen molar-refractivity contribution in [3.63, 3.8) is 0 Å². The van der Waals surface area contributed by atoms with Gasteiger partial charge in [-0.1, -0.05) is 15.0 Å². The minimum absolute atomic E-state index is 0.139. The van der Waals surface area contributed by atoms with Crippen molar-refractivity contribution in [1.82, 2.24) is 19.7 Å². The van der Waals surface area contributed by atoms with E-state index in [0.717, 1.165) is 25.1 Å². The van der Waals surface area contributed by atoms with E-state index >= 15 is 0 Å².